The number of nitrogens with zero attached hydrogens (tertiary/aromatic N) is 4. The minimum absolute atomic E-state index is 0.0460. The normalized spacial score (nSPS) is 10.7. The summed E-state index contributed by atoms with van der Waals surface area (Å²) in [5.74, 6) is -1.19. The summed E-state index contributed by atoms with van der Waals surface area (Å²) in [6, 6.07) is 2.85. The number of rotatable bonds is 4. The molecule has 0 spiro atoms. The Balaban J connectivity index is 3.44. The van der Waals surface area contributed by atoms with Crippen LogP contribution >= 0.6 is 0 Å². The van der Waals surface area contributed by atoms with E-state index in [2.05, 4.69) is 4.98 Å². The summed E-state index contributed by atoms with van der Waals surface area (Å²) in [4.78, 5) is 26.6. The zero-order chi connectivity index (χ0) is 15.5. The van der Waals surface area contributed by atoms with E-state index in [0.29, 0.717) is 0 Å². The molecule has 1 rings (SSSR count). The van der Waals surface area contributed by atoms with Crippen LogP contribution in [0, 0.1) is 21.4 Å². The molecule has 0 aromatic carbocycles. The van der Waals surface area contributed by atoms with Gasteiger partial charge in [0, 0.05) is 17.8 Å². The van der Waals surface area contributed by atoms with Crippen LogP contribution in [0.4, 0.5) is 11.5 Å². The van der Waals surface area contributed by atoms with Crippen molar-refractivity contribution in [3.05, 3.63) is 27.9 Å². The first-order valence-corrected chi connectivity index (χ1v) is 5.70. The van der Waals surface area contributed by atoms with Gasteiger partial charge in [-0.1, -0.05) is 0 Å². The SMILES string of the molecule is CC(C)(C)N(CC(=O)O)c1ncc(C#N)cc1[N+](=O)[O-]. The fourth-order valence-electron chi connectivity index (χ4n) is 1.61. The lowest BCUT2D eigenvalue weighted by molar-refractivity contribution is -0.384. The molecule has 0 radical (unpaired) electrons. The largest absolute Gasteiger partial charge is 0.480 e. The predicted octanol–water partition coefficient (Wildman–Crippen LogP) is 1.55. The highest BCUT2D eigenvalue weighted by Gasteiger charge is 2.31. The van der Waals surface area contributed by atoms with E-state index in [-0.39, 0.29) is 17.1 Å². The summed E-state index contributed by atoms with van der Waals surface area (Å²) in [6.45, 7) is 4.74. The molecule has 0 fully saturated rings. The third-order valence-electron chi connectivity index (χ3n) is 2.53. The maximum absolute atomic E-state index is 11.1. The Labute approximate surface area is 115 Å². The molecule has 106 valence electrons. The van der Waals surface area contributed by atoms with E-state index < -0.39 is 23.0 Å². The van der Waals surface area contributed by atoms with E-state index in [9.17, 15) is 14.9 Å². The first-order chi connectivity index (χ1) is 9.16. The van der Waals surface area contributed by atoms with Crippen LogP contribution in [0.25, 0.3) is 0 Å². The molecule has 0 bridgehead atoms. The third kappa shape index (κ3) is 3.41. The molecule has 0 aliphatic heterocycles. The Morgan fingerprint density at radius 1 is 1.60 bits per heavy atom. The maximum atomic E-state index is 11.1. The van der Waals surface area contributed by atoms with Gasteiger partial charge in [0.15, 0.2) is 0 Å². The van der Waals surface area contributed by atoms with Crippen molar-refractivity contribution < 1.29 is 14.8 Å². The molecule has 1 aromatic rings. The zero-order valence-corrected chi connectivity index (χ0v) is 11.3. The number of anilines is 1. The highest BCUT2D eigenvalue weighted by molar-refractivity contribution is 5.75. The molecule has 1 aromatic heterocycles. The minimum Gasteiger partial charge on any atom is -0.480 e. The summed E-state index contributed by atoms with van der Waals surface area (Å²) >= 11 is 0. The van der Waals surface area contributed by atoms with E-state index in [0.717, 1.165) is 6.07 Å². The lowest BCUT2D eigenvalue weighted by atomic mass is 10.1. The molecule has 1 heterocycles. The zero-order valence-electron chi connectivity index (χ0n) is 11.3. The van der Waals surface area contributed by atoms with E-state index in [1.54, 1.807) is 26.8 Å². The molecule has 8 heteroatoms. The topological polar surface area (TPSA) is 120 Å². The van der Waals surface area contributed by atoms with Gasteiger partial charge in [-0.15, -0.1) is 0 Å². The van der Waals surface area contributed by atoms with Crippen molar-refractivity contribution in [2.75, 3.05) is 11.4 Å². The van der Waals surface area contributed by atoms with Crippen LogP contribution in [-0.2, 0) is 4.79 Å². The number of nitriles is 1. The van der Waals surface area contributed by atoms with E-state index in [4.69, 9.17) is 10.4 Å². The molecule has 0 aliphatic rings. The standard InChI is InChI=1S/C12H14N4O4/c1-12(2,3)15(7-10(17)18)11-9(16(19)20)4-8(5-13)6-14-11/h4,6H,7H2,1-3H3,(H,17,18). The number of nitro groups is 1. The molecule has 0 saturated carbocycles. The molecule has 0 amide bonds. The van der Waals surface area contributed by atoms with Crippen molar-refractivity contribution in [3.8, 4) is 6.07 Å². The van der Waals surface area contributed by atoms with Gasteiger partial charge in [-0.25, -0.2) is 4.98 Å². The second-order valence-corrected chi connectivity index (χ2v) is 5.09. The van der Waals surface area contributed by atoms with Crippen LogP contribution in [0.2, 0.25) is 0 Å². The molecule has 0 atom stereocenters. The Kier molecular flexibility index (Phi) is 4.24. The second kappa shape index (κ2) is 5.52. The van der Waals surface area contributed by atoms with E-state index >= 15 is 0 Å². The fraction of sp³-hybridized carbons (Fsp3) is 0.417. The minimum atomic E-state index is -1.12. The van der Waals surface area contributed by atoms with Gasteiger partial charge in [0.05, 0.1) is 10.5 Å². The average molecular weight is 278 g/mol. The second-order valence-electron chi connectivity index (χ2n) is 5.09. The van der Waals surface area contributed by atoms with Gasteiger partial charge < -0.3 is 10.0 Å². The van der Waals surface area contributed by atoms with Crippen LogP contribution in [0.5, 0.6) is 0 Å². The van der Waals surface area contributed by atoms with Gasteiger partial charge in [0.2, 0.25) is 5.82 Å². The van der Waals surface area contributed by atoms with Gasteiger partial charge >= 0.3 is 11.7 Å². The maximum Gasteiger partial charge on any atom is 0.323 e. The Morgan fingerprint density at radius 3 is 2.60 bits per heavy atom. The van der Waals surface area contributed by atoms with Crippen LogP contribution in [0.1, 0.15) is 26.3 Å². The first kappa shape index (κ1) is 15.4. The Bertz CT molecular complexity index is 586. The highest BCUT2D eigenvalue weighted by Crippen LogP contribution is 2.31. The van der Waals surface area contributed by atoms with Crippen molar-refractivity contribution in [2.24, 2.45) is 0 Å². The van der Waals surface area contributed by atoms with Crippen LogP contribution in [0.15, 0.2) is 12.3 Å². The molecule has 0 aliphatic carbocycles. The quantitative estimate of drug-likeness (QED) is 0.655. The predicted molar refractivity (Wildman–Crippen MR) is 70.3 cm³/mol. The van der Waals surface area contributed by atoms with Crippen molar-refractivity contribution >= 4 is 17.5 Å². The first-order valence-electron chi connectivity index (χ1n) is 5.70. The highest BCUT2D eigenvalue weighted by atomic mass is 16.6. The number of hydrogen-bond acceptors (Lipinski definition) is 6. The average Bonchev–Trinajstić information content (AvgIpc) is 2.33. The summed E-state index contributed by atoms with van der Waals surface area (Å²) in [5.41, 5.74) is -1.02. The number of aliphatic carboxylic acids is 1. The number of carboxylic acids is 1. The lowest BCUT2D eigenvalue weighted by Crippen LogP contribution is -2.45. The lowest BCUT2D eigenvalue weighted by Gasteiger charge is -2.34. The van der Waals surface area contributed by atoms with Crippen molar-refractivity contribution in [2.45, 2.75) is 26.3 Å². The van der Waals surface area contributed by atoms with Crippen LogP contribution in [0.3, 0.4) is 0 Å². The molecule has 8 nitrogen and oxygen atoms in total. The fourth-order valence-corrected chi connectivity index (χ4v) is 1.61. The van der Waals surface area contributed by atoms with Gasteiger partial charge in [-0.3, -0.25) is 14.9 Å². The van der Waals surface area contributed by atoms with Crippen LogP contribution < -0.4 is 4.90 Å². The molecule has 0 saturated heterocycles. The van der Waals surface area contributed by atoms with Gasteiger partial charge in [-0.2, -0.15) is 5.26 Å². The van der Waals surface area contributed by atoms with Crippen LogP contribution in [-0.4, -0.2) is 33.1 Å². The monoisotopic (exact) mass is 278 g/mol. The Morgan fingerprint density at radius 2 is 2.20 bits per heavy atom. The smallest absolute Gasteiger partial charge is 0.323 e. The summed E-state index contributed by atoms with van der Waals surface area (Å²) in [5, 5.41) is 28.8. The number of aromatic nitrogens is 1. The van der Waals surface area contributed by atoms with Crippen molar-refractivity contribution in [1.82, 2.24) is 4.98 Å². The Hall–Kier alpha value is -2.69. The number of pyridine rings is 1. The van der Waals surface area contributed by atoms with E-state index in [1.807, 2.05) is 0 Å². The third-order valence-corrected chi connectivity index (χ3v) is 2.53. The number of hydrogen-bond donors (Lipinski definition) is 1. The number of carboxylic acid groups (broad SMARTS) is 1. The molecule has 0 unspecified atom stereocenters. The van der Waals surface area contributed by atoms with Gasteiger partial charge in [0.25, 0.3) is 0 Å². The molecule has 20 heavy (non-hydrogen) atoms. The van der Waals surface area contributed by atoms with Gasteiger partial charge in [-0.05, 0) is 20.8 Å². The molecular weight excluding hydrogens is 264 g/mol. The number of carbonyl (C=O) groups is 1. The van der Waals surface area contributed by atoms with Crippen molar-refractivity contribution in [3.63, 3.8) is 0 Å². The molecular formula is C12H14N4O4. The summed E-state index contributed by atoms with van der Waals surface area (Å²) in [7, 11) is 0. The van der Waals surface area contributed by atoms with E-state index in [1.165, 1.54) is 11.1 Å². The summed E-state index contributed by atoms with van der Waals surface area (Å²) < 4.78 is 0. The molecule has 1 N–H and O–H groups in total. The van der Waals surface area contributed by atoms with Gasteiger partial charge in [0.1, 0.15) is 12.6 Å². The summed E-state index contributed by atoms with van der Waals surface area (Å²) in [6.07, 6.45) is 1.18. The van der Waals surface area contributed by atoms with Crippen molar-refractivity contribution in [1.29, 1.82) is 5.26 Å².